The zero-order valence-electron chi connectivity index (χ0n) is 13.4. The monoisotopic (exact) mass is 271 g/mol. The van der Waals surface area contributed by atoms with Crippen molar-refractivity contribution in [1.29, 1.82) is 0 Å². The van der Waals surface area contributed by atoms with E-state index in [1.807, 2.05) is 13.3 Å². The van der Waals surface area contributed by atoms with Gasteiger partial charge >= 0.3 is 0 Å². The highest BCUT2D eigenvalue weighted by Crippen LogP contribution is 2.20. The number of benzene rings is 1. The summed E-state index contributed by atoms with van der Waals surface area (Å²) in [5.41, 5.74) is 6.20. The largest absolute Gasteiger partial charge is 0.308 e. The van der Waals surface area contributed by atoms with E-state index in [0.717, 1.165) is 12.2 Å². The van der Waals surface area contributed by atoms with Crippen molar-refractivity contribution in [2.45, 2.75) is 53.6 Å². The number of aryl methyl sites for hydroxylation is 2. The average molecular weight is 271 g/mol. The third-order valence-corrected chi connectivity index (χ3v) is 3.56. The molecule has 0 bridgehead atoms. The van der Waals surface area contributed by atoms with Crippen LogP contribution in [-0.4, -0.2) is 15.1 Å². The summed E-state index contributed by atoms with van der Waals surface area (Å²) in [6.07, 6.45) is 1.91. The molecule has 0 saturated carbocycles. The molecule has 3 heteroatoms. The van der Waals surface area contributed by atoms with Crippen LogP contribution in [0.25, 0.3) is 5.69 Å². The maximum Gasteiger partial charge on any atom is 0.0997 e. The van der Waals surface area contributed by atoms with Crippen molar-refractivity contribution in [3.05, 3.63) is 47.0 Å². The van der Waals surface area contributed by atoms with Crippen molar-refractivity contribution in [3.63, 3.8) is 0 Å². The molecule has 2 rings (SSSR count). The van der Waals surface area contributed by atoms with Gasteiger partial charge in [-0.25, -0.2) is 4.98 Å². The normalized spacial score (nSPS) is 11.9. The van der Waals surface area contributed by atoms with Gasteiger partial charge in [-0.1, -0.05) is 17.7 Å². The van der Waals surface area contributed by atoms with E-state index in [-0.39, 0.29) is 5.54 Å². The molecular weight excluding hydrogens is 246 g/mol. The van der Waals surface area contributed by atoms with Gasteiger partial charge in [-0.15, -0.1) is 0 Å². The fourth-order valence-electron chi connectivity index (χ4n) is 2.19. The number of nitrogens with zero attached hydrogens (tertiary/aromatic N) is 2. The Labute approximate surface area is 122 Å². The molecule has 108 valence electrons. The maximum atomic E-state index is 4.41. The molecule has 2 aromatic rings. The quantitative estimate of drug-likeness (QED) is 0.922. The van der Waals surface area contributed by atoms with Crippen molar-refractivity contribution in [2.24, 2.45) is 0 Å². The van der Waals surface area contributed by atoms with Gasteiger partial charge in [0.1, 0.15) is 0 Å². The Balaban J connectivity index is 2.40. The van der Waals surface area contributed by atoms with Crippen molar-refractivity contribution < 1.29 is 0 Å². The third-order valence-electron chi connectivity index (χ3n) is 3.56. The predicted octanol–water partition coefficient (Wildman–Crippen LogP) is 3.69. The van der Waals surface area contributed by atoms with Crippen molar-refractivity contribution in [2.75, 3.05) is 0 Å². The summed E-state index contributed by atoms with van der Waals surface area (Å²) in [4.78, 5) is 4.41. The molecule has 0 amide bonds. The van der Waals surface area contributed by atoms with Gasteiger partial charge in [0.05, 0.1) is 17.7 Å². The molecule has 0 aliphatic carbocycles. The summed E-state index contributed by atoms with van der Waals surface area (Å²) in [5, 5.41) is 3.57. The van der Waals surface area contributed by atoms with Gasteiger partial charge in [-0.05, 0) is 53.2 Å². The summed E-state index contributed by atoms with van der Waals surface area (Å²) < 4.78 is 2.18. The van der Waals surface area contributed by atoms with Crippen LogP contribution in [0.1, 0.15) is 43.3 Å². The minimum Gasteiger partial charge on any atom is -0.308 e. The van der Waals surface area contributed by atoms with Crippen LogP contribution < -0.4 is 5.32 Å². The van der Waals surface area contributed by atoms with Crippen molar-refractivity contribution in [1.82, 2.24) is 14.9 Å². The lowest BCUT2D eigenvalue weighted by molar-refractivity contribution is 0.424. The number of hydrogen-bond donors (Lipinski definition) is 1. The average Bonchev–Trinajstić information content (AvgIpc) is 2.67. The molecule has 0 aliphatic rings. The first-order valence-corrected chi connectivity index (χ1v) is 7.13. The van der Waals surface area contributed by atoms with E-state index in [1.54, 1.807) is 0 Å². The smallest absolute Gasteiger partial charge is 0.0997 e. The molecule has 1 heterocycles. The Morgan fingerprint density at radius 3 is 2.40 bits per heavy atom. The Bertz CT molecular complexity index is 603. The zero-order valence-corrected chi connectivity index (χ0v) is 13.4. The fraction of sp³-hybridized carbons (Fsp3) is 0.471. The molecule has 0 atom stereocenters. The lowest BCUT2D eigenvalue weighted by Crippen LogP contribution is -2.35. The second-order valence-corrected chi connectivity index (χ2v) is 6.52. The predicted molar refractivity (Wildman–Crippen MR) is 84.4 cm³/mol. The van der Waals surface area contributed by atoms with Crippen LogP contribution in [0.3, 0.4) is 0 Å². The van der Waals surface area contributed by atoms with Crippen LogP contribution in [0, 0.1) is 20.8 Å². The number of rotatable bonds is 3. The van der Waals surface area contributed by atoms with Gasteiger partial charge in [0, 0.05) is 17.8 Å². The van der Waals surface area contributed by atoms with Crippen LogP contribution in [0.5, 0.6) is 0 Å². The Morgan fingerprint density at radius 1 is 1.15 bits per heavy atom. The molecule has 1 aromatic heterocycles. The molecule has 0 spiro atoms. The lowest BCUT2D eigenvalue weighted by Gasteiger charge is -2.22. The SMILES string of the molecule is Cc1ccc(-n2cnc(C)c2C)c(CNC(C)(C)C)c1. The summed E-state index contributed by atoms with van der Waals surface area (Å²) in [5.74, 6) is 0. The topological polar surface area (TPSA) is 29.9 Å². The van der Waals surface area contributed by atoms with Crippen molar-refractivity contribution in [3.8, 4) is 5.69 Å². The molecule has 0 radical (unpaired) electrons. The Kier molecular flexibility index (Phi) is 4.00. The van der Waals surface area contributed by atoms with Crippen LogP contribution in [0.4, 0.5) is 0 Å². The van der Waals surface area contributed by atoms with E-state index >= 15 is 0 Å². The number of imidazole rings is 1. The second kappa shape index (κ2) is 5.41. The summed E-state index contributed by atoms with van der Waals surface area (Å²) in [7, 11) is 0. The van der Waals surface area contributed by atoms with E-state index in [4.69, 9.17) is 0 Å². The summed E-state index contributed by atoms with van der Waals surface area (Å²) in [6, 6.07) is 6.59. The van der Waals surface area contributed by atoms with Gasteiger partial charge < -0.3 is 9.88 Å². The molecule has 3 nitrogen and oxygen atoms in total. The van der Waals surface area contributed by atoms with E-state index in [9.17, 15) is 0 Å². The van der Waals surface area contributed by atoms with Crippen LogP contribution in [0.15, 0.2) is 24.5 Å². The summed E-state index contributed by atoms with van der Waals surface area (Å²) in [6.45, 7) is 13.7. The minimum absolute atomic E-state index is 0.112. The van der Waals surface area contributed by atoms with E-state index in [1.165, 1.54) is 22.5 Å². The van der Waals surface area contributed by atoms with Gasteiger partial charge in [0.2, 0.25) is 0 Å². The fourth-order valence-corrected chi connectivity index (χ4v) is 2.19. The standard InChI is InChI=1S/C17H25N3/c1-12-7-8-16(20-11-18-13(2)14(20)3)15(9-12)10-19-17(4,5)6/h7-9,11,19H,10H2,1-6H3. The molecular formula is C17H25N3. The zero-order chi connectivity index (χ0) is 14.9. The number of aromatic nitrogens is 2. The molecule has 0 aliphatic heterocycles. The van der Waals surface area contributed by atoms with Crippen LogP contribution >= 0.6 is 0 Å². The Morgan fingerprint density at radius 2 is 1.85 bits per heavy atom. The Hall–Kier alpha value is -1.61. The summed E-state index contributed by atoms with van der Waals surface area (Å²) >= 11 is 0. The molecule has 1 N–H and O–H groups in total. The number of nitrogens with one attached hydrogen (secondary N) is 1. The van der Waals surface area contributed by atoms with Crippen molar-refractivity contribution >= 4 is 0 Å². The molecule has 0 fully saturated rings. The first-order valence-electron chi connectivity index (χ1n) is 7.13. The van der Waals surface area contributed by atoms with Crippen LogP contribution in [-0.2, 0) is 6.54 Å². The number of hydrogen-bond acceptors (Lipinski definition) is 2. The van der Waals surface area contributed by atoms with E-state index < -0.39 is 0 Å². The molecule has 20 heavy (non-hydrogen) atoms. The van der Waals surface area contributed by atoms with Gasteiger partial charge in [0.25, 0.3) is 0 Å². The lowest BCUT2D eigenvalue weighted by atomic mass is 10.1. The van der Waals surface area contributed by atoms with E-state index in [2.05, 4.69) is 67.7 Å². The molecule has 1 aromatic carbocycles. The minimum atomic E-state index is 0.112. The highest BCUT2D eigenvalue weighted by molar-refractivity contribution is 5.45. The first-order chi connectivity index (χ1) is 9.28. The highest BCUT2D eigenvalue weighted by atomic mass is 15.1. The second-order valence-electron chi connectivity index (χ2n) is 6.52. The molecule has 0 unspecified atom stereocenters. The van der Waals surface area contributed by atoms with Gasteiger partial charge in [-0.3, -0.25) is 0 Å². The molecule has 0 saturated heterocycles. The van der Waals surface area contributed by atoms with E-state index in [0.29, 0.717) is 0 Å². The highest BCUT2D eigenvalue weighted by Gasteiger charge is 2.13. The maximum absolute atomic E-state index is 4.41. The third kappa shape index (κ3) is 3.28. The van der Waals surface area contributed by atoms with Gasteiger partial charge in [0.15, 0.2) is 0 Å². The van der Waals surface area contributed by atoms with Gasteiger partial charge in [-0.2, -0.15) is 0 Å². The first kappa shape index (κ1) is 14.8. The van der Waals surface area contributed by atoms with Crippen LogP contribution in [0.2, 0.25) is 0 Å².